The van der Waals surface area contributed by atoms with E-state index in [1.165, 1.54) is 24.2 Å². The topological polar surface area (TPSA) is 94.5 Å². The number of hydrogen-bond acceptors (Lipinski definition) is 7. The van der Waals surface area contributed by atoms with Crippen LogP contribution < -0.4 is 10.2 Å². The molecule has 2 heterocycles. The average molecular weight is 433 g/mol. The van der Waals surface area contributed by atoms with E-state index in [1.54, 1.807) is 19.2 Å². The van der Waals surface area contributed by atoms with E-state index in [1.807, 2.05) is 59.2 Å². The van der Waals surface area contributed by atoms with Gasteiger partial charge in [0.2, 0.25) is 0 Å². The van der Waals surface area contributed by atoms with Crippen LogP contribution >= 0.6 is 11.8 Å². The molecule has 4 rings (SSSR count). The number of hydrazone groups is 1. The van der Waals surface area contributed by atoms with Crippen LogP contribution in [0.1, 0.15) is 5.76 Å². The van der Waals surface area contributed by atoms with Crippen LogP contribution in [0.3, 0.4) is 0 Å². The van der Waals surface area contributed by atoms with Gasteiger partial charge in [-0.05, 0) is 48.5 Å². The Morgan fingerprint density at radius 3 is 2.65 bits per heavy atom. The number of rotatable bonds is 8. The summed E-state index contributed by atoms with van der Waals surface area (Å²) in [6, 6.07) is 20.8. The molecule has 9 heteroatoms. The Hall–Kier alpha value is -3.85. The zero-order valence-corrected chi connectivity index (χ0v) is 17.5. The fourth-order valence-corrected chi connectivity index (χ4v) is 3.54. The maximum atomic E-state index is 12.2. The number of thioether (sulfide) groups is 1. The first-order valence-corrected chi connectivity index (χ1v) is 10.4. The lowest BCUT2D eigenvalue weighted by molar-refractivity contribution is -0.118. The van der Waals surface area contributed by atoms with Crippen LogP contribution in [-0.4, -0.2) is 39.7 Å². The van der Waals surface area contributed by atoms with Gasteiger partial charge in [-0.25, -0.2) is 5.43 Å². The fraction of sp³-hybridized carbons (Fsp3) is 0.0909. The van der Waals surface area contributed by atoms with E-state index in [0.29, 0.717) is 16.7 Å². The monoisotopic (exact) mass is 433 g/mol. The predicted molar refractivity (Wildman–Crippen MR) is 119 cm³/mol. The molecule has 0 saturated carbocycles. The van der Waals surface area contributed by atoms with Crippen molar-refractivity contribution in [3.05, 3.63) is 78.8 Å². The number of nitrogens with one attached hydrogen (secondary N) is 1. The van der Waals surface area contributed by atoms with Crippen LogP contribution in [0.15, 0.2) is 87.7 Å². The standard InChI is InChI=1S/C22H19N5O3S/c1-29-18-11-9-16(10-12-18)21-25-26-22(27(21)17-6-3-2-4-7-17)31-15-20(28)24-23-14-19-8-5-13-30-19/h2-14H,15H2,1H3,(H,24,28). The summed E-state index contributed by atoms with van der Waals surface area (Å²) in [5, 5.41) is 13.2. The van der Waals surface area contributed by atoms with Gasteiger partial charge in [0.25, 0.3) is 5.91 Å². The second-order valence-electron chi connectivity index (χ2n) is 6.30. The number of aromatic nitrogens is 3. The Labute approximate surface area is 182 Å². The van der Waals surface area contributed by atoms with Crippen molar-refractivity contribution < 1.29 is 13.9 Å². The van der Waals surface area contributed by atoms with Crippen LogP contribution in [0.5, 0.6) is 5.75 Å². The minimum absolute atomic E-state index is 0.128. The van der Waals surface area contributed by atoms with Gasteiger partial charge < -0.3 is 9.15 Å². The molecule has 0 saturated heterocycles. The maximum absolute atomic E-state index is 12.2. The average Bonchev–Trinajstić information content (AvgIpc) is 3.48. The van der Waals surface area contributed by atoms with E-state index in [2.05, 4.69) is 20.7 Å². The summed E-state index contributed by atoms with van der Waals surface area (Å²) < 4.78 is 12.3. The quantitative estimate of drug-likeness (QED) is 0.258. The van der Waals surface area contributed by atoms with Crippen LogP contribution in [0.4, 0.5) is 0 Å². The molecular formula is C22H19N5O3S. The van der Waals surface area contributed by atoms with Crippen molar-refractivity contribution in [3.63, 3.8) is 0 Å². The van der Waals surface area contributed by atoms with E-state index in [0.717, 1.165) is 17.0 Å². The summed E-state index contributed by atoms with van der Waals surface area (Å²) in [6.45, 7) is 0. The molecule has 0 aliphatic rings. The zero-order valence-electron chi connectivity index (χ0n) is 16.6. The Morgan fingerprint density at radius 2 is 1.94 bits per heavy atom. The summed E-state index contributed by atoms with van der Waals surface area (Å²) in [7, 11) is 1.62. The summed E-state index contributed by atoms with van der Waals surface area (Å²) in [6.07, 6.45) is 2.98. The molecule has 0 unspecified atom stereocenters. The largest absolute Gasteiger partial charge is 0.497 e. The molecule has 0 radical (unpaired) electrons. The molecule has 1 N–H and O–H groups in total. The van der Waals surface area contributed by atoms with Crippen molar-refractivity contribution in [1.82, 2.24) is 20.2 Å². The zero-order chi connectivity index (χ0) is 21.5. The summed E-state index contributed by atoms with van der Waals surface area (Å²) in [5.74, 6) is 1.86. The summed E-state index contributed by atoms with van der Waals surface area (Å²) >= 11 is 1.28. The minimum atomic E-state index is -0.263. The number of ether oxygens (including phenoxy) is 1. The third-order valence-corrected chi connectivity index (χ3v) is 5.18. The van der Waals surface area contributed by atoms with Crippen LogP contribution in [0.25, 0.3) is 17.1 Å². The van der Waals surface area contributed by atoms with E-state index in [9.17, 15) is 4.79 Å². The van der Waals surface area contributed by atoms with Crippen molar-refractivity contribution in [2.24, 2.45) is 5.10 Å². The van der Waals surface area contributed by atoms with Gasteiger partial charge in [0, 0.05) is 11.3 Å². The first kappa shape index (κ1) is 20.4. The lowest BCUT2D eigenvalue weighted by Gasteiger charge is -2.10. The van der Waals surface area contributed by atoms with Gasteiger partial charge in [-0.1, -0.05) is 30.0 Å². The molecule has 8 nitrogen and oxygen atoms in total. The third-order valence-electron chi connectivity index (χ3n) is 4.25. The normalized spacial score (nSPS) is 11.0. The molecule has 0 aliphatic carbocycles. The number of carbonyl (C=O) groups excluding carboxylic acids is 1. The van der Waals surface area contributed by atoms with Crippen molar-refractivity contribution in [2.75, 3.05) is 12.9 Å². The molecule has 0 atom stereocenters. The van der Waals surface area contributed by atoms with E-state index in [4.69, 9.17) is 9.15 Å². The maximum Gasteiger partial charge on any atom is 0.250 e. The number of amides is 1. The van der Waals surface area contributed by atoms with Gasteiger partial charge in [0.1, 0.15) is 11.5 Å². The first-order chi connectivity index (χ1) is 15.2. The van der Waals surface area contributed by atoms with E-state index < -0.39 is 0 Å². The SMILES string of the molecule is COc1ccc(-c2nnc(SCC(=O)NN=Cc3ccco3)n2-c2ccccc2)cc1. The molecule has 1 amide bonds. The molecule has 0 bridgehead atoms. The Bertz CT molecular complexity index is 1160. The highest BCUT2D eigenvalue weighted by Gasteiger charge is 2.17. The van der Waals surface area contributed by atoms with Gasteiger partial charge in [-0.3, -0.25) is 9.36 Å². The second-order valence-corrected chi connectivity index (χ2v) is 7.25. The lowest BCUT2D eigenvalue weighted by atomic mass is 10.2. The fourth-order valence-electron chi connectivity index (χ4n) is 2.80. The van der Waals surface area contributed by atoms with Gasteiger partial charge in [0.15, 0.2) is 11.0 Å². The number of methoxy groups -OCH3 is 1. The number of nitrogens with zero attached hydrogens (tertiary/aromatic N) is 4. The molecule has 0 fully saturated rings. The Morgan fingerprint density at radius 1 is 1.13 bits per heavy atom. The highest BCUT2D eigenvalue weighted by Crippen LogP contribution is 2.28. The van der Waals surface area contributed by atoms with Gasteiger partial charge in [-0.2, -0.15) is 5.10 Å². The Balaban J connectivity index is 1.53. The highest BCUT2D eigenvalue weighted by atomic mass is 32.2. The molecule has 156 valence electrons. The Kier molecular flexibility index (Phi) is 6.44. The number of benzene rings is 2. The van der Waals surface area contributed by atoms with Crippen molar-refractivity contribution in [2.45, 2.75) is 5.16 Å². The molecule has 2 aromatic carbocycles. The summed E-state index contributed by atoms with van der Waals surface area (Å²) in [4.78, 5) is 12.2. The molecule has 4 aromatic rings. The number of para-hydroxylation sites is 1. The predicted octanol–water partition coefficient (Wildman–Crippen LogP) is 3.78. The van der Waals surface area contributed by atoms with Gasteiger partial charge in [-0.15, -0.1) is 10.2 Å². The van der Waals surface area contributed by atoms with Crippen LogP contribution in [0.2, 0.25) is 0 Å². The summed E-state index contributed by atoms with van der Waals surface area (Å²) in [5.41, 5.74) is 4.27. The smallest absolute Gasteiger partial charge is 0.250 e. The van der Waals surface area contributed by atoms with Crippen molar-refractivity contribution in [3.8, 4) is 22.8 Å². The van der Waals surface area contributed by atoms with Crippen LogP contribution in [0, 0.1) is 0 Å². The molecule has 0 spiro atoms. The minimum Gasteiger partial charge on any atom is -0.497 e. The first-order valence-electron chi connectivity index (χ1n) is 9.38. The highest BCUT2D eigenvalue weighted by molar-refractivity contribution is 7.99. The molecule has 2 aromatic heterocycles. The van der Waals surface area contributed by atoms with Crippen molar-refractivity contribution >= 4 is 23.9 Å². The number of furan rings is 1. The van der Waals surface area contributed by atoms with E-state index >= 15 is 0 Å². The molecule has 0 aliphatic heterocycles. The van der Waals surface area contributed by atoms with Crippen molar-refractivity contribution in [1.29, 1.82) is 0 Å². The lowest BCUT2D eigenvalue weighted by Crippen LogP contribution is -2.19. The second kappa shape index (κ2) is 9.77. The van der Waals surface area contributed by atoms with Gasteiger partial charge >= 0.3 is 0 Å². The molecular weight excluding hydrogens is 414 g/mol. The van der Waals surface area contributed by atoms with Crippen LogP contribution in [-0.2, 0) is 4.79 Å². The van der Waals surface area contributed by atoms with Gasteiger partial charge in [0.05, 0.1) is 25.3 Å². The molecule has 31 heavy (non-hydrogen) atoms. The number of carbonyl (C=O) groups is 1. The third kappa shape index (κ3) is 5.01. The number of hydrogen-bond donors (Lipinski definition) is 1. The van der Waals surface area contributed by atoms with E-state index in [-0.39, 0.29) is 11.7 Å².